The lowest BCUT2D eigenvalue weighted by molar-refractivity contribution is 0.184. The summed E-state index contributed by atoms with van der Waals surface area (Å²) >= 11 is 0. The number of aromatic nitrogens is 4. The summed E-state index contributed by atoms with van der Waals surface area (Å²) in [4.78, 5) is 8.46. The molecule has 6 nitrogen and oxygen atoms in total. The van der Waals surface area contributed by atoms with Gasteiger partial charge >= 0.3 is 0 Å². The second-order valence-corrected chi connectivity index (χ2v) is 3.93. The van der Waals surface area contributed by atoms with E-state index in [2.05, 4.69) is 27.3 Å². The van der Waals surface area contributed by atoms with E-state index in [0.29, 0.717) is 6.61 Å². The van der Waals surface area contributed by atoms with Gasteiger partial charge in [-0.05, 0) is 6.42 Å². The maximum atomic E-state index is 5.16. The Balaban J connectivity index is 2.29. The fourth-order valence-electron chi connectivity index (χ4n) is 1.73. The van der Waals surface area contributed by atoms with Crippen LogP contribution in [0.5, 0.6) is 0 Å². The number of ether oxygens (including phenoxy) is 1. The number of aryl methyl sites for hydroxylation is 1. The van der Waals surface area contributed by atoms with Crippen LogP contribution in [0, 0.1) is 0 Å². The highest BCUT2D eigenvalue weighted by molar-refractivity contribution is 5.86. The van der Waals surface area contributed by atoms with Crippen LogP contribution in [-0.4, -0.2) is 39.5 Å². The van der Waals surface area contributed by atoms with Crippen molar-refractivity contribution in [3.63, 3.8) is 0 Å². The minimum atomic E-state index is 0.248. The highest BCUT2D eigenvalue weighted by Crippen LogP contribution is 2.18. The first-order chi connectivity index (χ1) is 8.26. The lowest BCUT2D eigenvalue weighted by Gasteiger charge is -2.16. The van der Waals surface area contributed by atoms with Gasteiger partial charge in [-0.2, -0.15) is 5.10 Å². The van der Waals surface area contributed by atoms with Gasteiger partial charge in [-0.3, -0.25) is 4.68 Å². The fraction of sp³-hybridized carbons (Fsp3) is 0.545. The number of anilines is 1. The summed E-state index contributed by atoms with van der Waals surface area (Å²) in [7, 11) is 3.57. The molecule has 0 radical (unpaired) electrons. The van der Waals surface area contributed by atoms with Crippen molar-refractivity contribution in [3.8, 4) is 0 Å². The lowest BCUT2D eigenvalue weighted by Crippen LogP contribution is -2.24. The molecule has 2 aromatic rings. The van der Waals surface area contributed by atoms with Crippen molar-refractivity contribution in [1.29, 1.82) is 0 Å². The summed E-state index contributed by atoms with van der Waals surface area (Å²) in [6.45, 7) is 2.76. The second-order valence-electron chi connectivity index (χ2n) is 3.93. The van der Waals surface area contributed by atoms with E-state index in [1.54, 1.807) is 24.3 Å². The molecule has 0 bridgehead atoms. The smallest absolute Gasteiger partial charge is 0.163 e. The van der Waals surface area contributed by atoms with Crippen LogP contribution in [0.3, 0.4) is 0 Å². The Morgan fingerprint density at radius 3 is 3.00 bits per heavy atom. The minimum Gasteiger partial charge on any atom is -0.383 e. The highest BCUT2D eigenvalue weighted by Gasteiger charge is 2.11. The number of methoxy groups -OCH3 is 1. The van der Waals surface area contributed by atoms with Crippen LogP contribution in [0.2, 0.25) is 0 Å². The molecule has 0 aliphatic rings. The number of rotatable bonds is 5. The number of fused-ring (bicyclic) bond motifs is 1. The monoisotopic (exact) mass is 235 g/mol. The van der Waals surface area contributed by atoms with Crippen LogP contribution in [0.15, 0.2) is 12.5 Å². The SMILES string of the molecule is CCC(COC)Nc1ncnc2c1cnn2C. The Morgan fingerprint density at radius 1 is 1.47 bits per heavy atom. The summed E-state index contributed by atoms with van der Waals surface area (Å²) in [6.07, 6.45) is 4.29. The molecule has 1 unspecified atom stereocenters. The molecule has 17 heavy (non-hydrogen) atoms. The molecule has 0 spiro atoms. The first-order valence-corrected chi connectivity index (χ1v) is 5.64. The van der Waals surface area contributed by atoms with E-state index >= 15 is 0 Å². The van der Waals surface area contributed by atoms with Gasteiger partial charge in [0.15, 0.2) is 5.65 Å². The van der Waals surface area contributed by atoms with Crippen molar-refractivity contribution in [3.05, 3.63) is 12.5 Å². The normalized spacial score (nSPS) is 12.9. The summed E-state index contributed by atoms with van der Waals surface area (Å²) in [5.74, 6) is 0.812. The average Bonchev–Trinajstić information content (AvgIpc) is 2.72. The Kier molecular flexibility index (Phi) is 3.53. The Labute approximate surface area is 100 Å². The maximum absolute atomic E-state index is 5.16. The van der Waals surface area contributed by atoms with Crippen LogP contribution >= 0.6 is 0 Å². The fourth-order valence-corrected chi connectivity index (χ4v) is 1.73. The zero-order valence-corrected chi connectivity index (χ0v) is 10.3. The number of hydrogen-bond acceptors (Lipinski definition) is 5. The summed E-state index contributed by atoms with van der Waals surface area (Å²) in [5, 5.41) is 8.47. The number of hydrogen-bond donors (Lipinski definition) is 1. The van der Waals surface area contributed by atoms with Gasteiger partial charge < -0.3 is 10.1 Å². The molecule has 1 N–H and O–H groups in total. The average molecular weight is 235 g/mol. The first-order valence-electron chi connectivity index (χ1n) is 5.64. The van der Waals surface area contributed by atoms with Gasteiger partial charge in [0.05, 0.1) is 24.2 Å². The van der Waals surface area contributed by atoms with E-state index in [-0.39, 0.29) is 6.04 Å². The van der Waals surface area contributed by atoms with E-state index < -0.39 is 0 Å². The van der Waals surface area contributed by atoms with Crippen molar-refractivity contribution >= 4 is 16.9 Å². The molecule has 92 valence electrons. The zero-order valence-electron chi connectivity index (χ0n) is 10.3. The van der Waals surface area contributed by atoms with Crippen LogP contribution in [0.25, 0.3) is 11.0 Å². The largest absolute Gasteiger partial charge is 0.383 e. The van der Waals surface area contributed by atoms with Crippen molar-refractivity contribution < 1.29 is 4.74 Å². The van der Waals surface area contributed by atoms with Gasteiger partial charge in [-0.15, -0.1) is 0 Å². The third kappa shape index (κ3) is 2.36. The highest BCUT2D eigenvalue weighted by atomic mass is 16.5. The standard InChI is InChI=1S/C11H17N5O/c1-4-8(6-17-3)15-10-9-5-14-16(2)11(9)13-7-12-10/h5,7-8H,4,6H2,1-3H3,(H,12,13,15). The first kappa shape index (κ1) is 11.8. The maximum Gasteiger partial charge on any atom is 0.163 e. The van der Waals surface area contributed by atoms with Crippen molar-refractivity contribution in [2.45, 2.75) is 19.4 Å². The summed E-state index contributed by atoms with van der Waals surface area (Å²) in [5.41, 5.74) is 0.828. The van der Waals surface area contributed by atoms with Gasteiger partial charge in [0.2, 0.25) is 0 Å². The van der Waals surface area contributed by atoms with Crippen LogP contribution in [0.1, 0.15) is 13.3 Å². The molecule has 0 fully saturated rings. The molecule has 6 heteroatoms. The quantitative estimate of drug-likeness (QED) is 0.843. The zero-order chi connectivity index (χ0) is 12.3. The topological polar surface area (TPSA) is 64.9 Å². The van der Waals surface area contributed by atoms with Gasteiger partial charge in [0, 0.05) is 14.2 Å². The summed E-state index contributed by atoms with van der Waals surface area (Å²) in [6, 6.07) is 0.248. The Bertz CT molecular complexity index is 496. The molecule has 2 aromatic heterocycles. The van der Waals surface area contributed by atoms with Crippen LogP contribution < -0.4 is 5.32 Å². The second kappa shape index (κ2) is 5.09. The van der Waals surface area contributed by atoms with Gasteiger partial charge in [-0.1, -0.05) is 6.92 Å². The third-order valence-corrected chi connectivity index (χ3v) is 2.73. The van der Waals surface area contributed by atoms with Crippen molar-refractivity contribution in [1.82, 2.24) is 19.7 Å². The van der Waals surface area contributed by atoms with E-state index in [0.717, 1.165) is 23.3 Å². The molecule has 0 aliphatic carbocycles. The van der Waals surface area contributed by atoms with Gasteiger partial charge in [0.25, 0.3) is 0 Å². The molecule has 0 saturated heterocycles. The molecule has 2 rings (SSSR count). The van der Waals surface area contributed by atoms with E-state index in [1.807, 2.05) is 7.05 Å². The van der Waals surface area contributed by atoms with E-state index in [9.17, 15) is 0 Å². The van der Waals surface area contributed by atoms with Gasteiger partial charge in [-0.25, -0.2) is 9.97 Å². The Hall–Kier alpha value is -1.69. The third-order valence-electron chi connectivity index (χ3n) is 2.73. The predicted molar refractivity (Wildman–Crippen MR) is 65.9 cm³/mol. The van der Waals surface area contributed by atoms with E-state index in [1.165, 1.54) is 0 Å². The molecule has 1 atom stereocenters. The molecule has 0 amide bonds. The molecular weight excluding hydrogens is 218 g/mol. The molecule has 2 heterocycles. The van der Waals surface area contributed by atoms with Crippen molar-refractivity contribution in [2.75, 3.05) is 19.0 Å². The molecule has 0 saturated carbocycles. The van der Waals surface area contributed by atoms with Crippen LogP contribution in [-0.2, 0) is 11.8 Å². The van der Waals surface area contributed by atoms with Crippen LogP contribution in [0.4, 0.5) is 5.82 Å². The van der Waals surface area contributed by atoms with Gasteiger partial charge in [0.1, 0.15) is 12.1 Å². The number of nitrogens with one attached hydrogen (secondary N) is 1. The molecular formula is C11H17N5O. The molecule has 0 aromatic carbocycles. The van der Waals surface area contributed by atoms with Crippen molar-refractivity contribution in [2.24, 2.45) is 7.05 Å². The predicted octanol–water partition coefficient (Wildman–Crippen LogP) is 1.20. The Morgan fingerprint density at radius 2 is 2.29 bits per heavy atom. The number of nitrogens with zero attached hydrogens (tertiary/aromatic N) is 4. The van der Waals surface area contributed by atoms with E-state index in [4.69, 9.17) is 4.74 Å². The summed E-state index contributed by atoms with van der Waals surface area (Å²) < 4.78 is 6.89. The molecule has 0 aliphatic heterocycles. The lowest BCUT2D eigenvalue weighted by atomic mass is 10.2. The minimum absolute atomic E-state index is 0.248.